The van der Waals surface area contributed by atoms with Gasteiger partial charge >= 0.3 is 0 Å². The van der Waals surface area contributed by atoms with Crippen LogP contribution in [0, 0.1) is 11.7 Å². The van der Waals surface area contributed by atoms with Gasteiger partial charge in [0.15, 0.2) is 5.82 Å². The van der Waals surface area contributed by atoms with Crippen molar-refractivity contribution in [1.82, 2.24) is 9.97 Å². The molecule has 1 aliphatic carbocycles. The van der Waals surface area contributed by atoms with Crippen LogP contribution in [0.4, 0.5) is 4.39 Å². The molecule has 0 unspecified atom stereocenters. The molecule has 0 amide bonds. The minimum atomic E-state index is -0.0925. The van der Waals surface area contributed by atoms with E-state index >= 15 is 0 Å². The van der Waals surface area contributed by atoms with E-state index in [1.165, 1.54) is 51.4 Å². The molecule has 0 atom stereocenters. The fraction of sp³-hybridized carbons (Fsp3) is 0.600. The maximum Gasteiger partial charge on any atom is 0.159 e. The van der Waals surface area contributed by atoms with Crippen molar-refractivity contribution in [3.05, 3.63) is 47.5 Å². The van der Waals surface area contributed by atoms with E-state index < -0.39 is 0 Å². The first-order valence-electron chi connectivity index (χ1n) is 11.3. The molecule has 1 heterocycles. The van der Waals surface area contributed by atoms with Gasteiger partial charge in [0.05, 0.1) is 0 Å². The van der Waals surface area contributed by atoms with Crippen molar-refractivity contribution in [2.45, 2.75) is 90.4 Å². The highest BCUT2D eigenvalue weighted by Crippen LogP contribution is 2.39. The summed E-state index contributed by atoms with van der Waals surface area (Å²) in [6.07, 6.45) is 17.1. The molecule has 0 radical (unpaired) electrons. The normalized spacial score (nSPS) is 19.7. The molecule has 1 aliphatic rings. The Bertz CT molecular complexity index is 718. The second-order valence-corrected chi connectivity index (χ2v) is 8.47. The third-order valence-electron chi connectivity index (χ3n) is 6.29. The summed E-state index contributed by atoms with van der Waals surface area (Å²) in [5, 5.41) is 0. The van der Waals surface area contributed by atoms with Crippen LogP contribution < -0.4 is 0 Å². The van der Waals surface area contributed by atoms with Crippen molar-refractivity contribution in [3.8, 4) is 11.4 Å². The molecule has 0 N–H and O–H groups in total. The Balaban J connectivity index is 1.61. The molecule has 1 aromatic carbocycles. The molecule has 0 saturated heterocycles. The van der Waals surface area contributed by atoms with Gasteiger partial charge in [-0.2, -0.15) is 0 Å². The van der Waals surface area contributed by atoms with Crippen molar-refractivity contribution < 1.29 is 4.39 Å². The molecular formula is C25H35FN2. The Labute approximate surface area is 170 Å². The lowest BCUT2D eigenvalue weighted by Crippen LogP contribution is -2.14. The molecule has 0 bridgehead atoms. The number of unbranched alkanes of at least 4 members (excludes halogenated alkanes) is 3. The van der Waals surface area contributed by atoms with Crippen LogP contribution in [0.3, 0.4) is 0 Å². The molecular weight excluding hydrogens is 347 g/mol. The third-order valence-corrected chi connectivity index (χ3v) is 6.29. The van der Waals surface area contributed by atoms with Crippen LogP contribution in [0.2, 0.25) is 0 Å². The first-order valence-corrected chi connectivity index (χ1v) is 11.3. The monoisotopic (exact) mass is 382 g/mol. The van der Waals surface area contributed by atoms with E-state index in [1.807, 2.05) is 24.5 Å². The summed E-state index contributed by atoms with van der Waals surface area (Å²) in [7, 11) is 0. The van der Waals surface area contributed by atoms with E-state index in [-0.39, 0.29) is 5.82 Å². The standard InChI is InChI=1S/C25H35FN2/c1-3-5-7-9-20-17-27-25(28-18-20)22-14-15-23(24(26)16-22)21-12-10-19(11-13-21)8-6-4-2/h14-19,21H,3-13H2,1-2H3. The fourth-order valence-corrected chi connectivity index (χ4v) is 4.46. The summed E-state index contributed by atoms with van der Waals surface area (Å²) < 4.78 is 14.8. The fourth-order valence-electron chi connectivity index (χ4n) is 4.46. The Morgan fingerprint density at radius 1 is 0.929 bits per heavy atom. The number of aryl methyl sites for hydroxylation is 1. The van der Waals surface area contributed by atoms with Crippen LogP contribution in [0.25, 0.3) is 11.4 Å². The summed E-state index contributed by atoms with van der Waals surface area (Å²) in [4.78, 5) is 8.94. The molecule has 1 saturated carbocycles. The molecule has 152 valence electrons. The van der Waals surface area contributed by atoms with Gasteiger partial charge in [-0.3, -0.25) is 0 Å². The lowest BCUT2D eigenvalue weighted by atomic mass is 9.77. The van der Waals surface area contributed by atoms with E-state index in [2.05, 4.69) is 23.8 Å². The smallest absolute Gasteiger partial charge is 0.159 e. The zero-order valence-corrected chi connectivity index (χ0v) is 17.6. The van der Waals surface area contributed by atoms with Crippen LogP contribution in [-0.4, -0.2) is 9.97 Å². The van der Waals surface area contributed by atoms with Gasteiger partial charge < -0.3 is 0 Å². The molecule has 28 heavy (non-hydrogen) atoms. The number of rotatable bonds is 9. The summed E-state index contributed by atoms with van der Waals surface area (Å²) in [6.45, 7) is 4.46. The number of hydrogen-bond acceptors (Lipinski definition) is 2. The van der Waals surface area contributed by atoms with E-state index in [0.29, 0.717) is 11.7 Å². The zero-order chi connectivity index (χ0) is 19.8. The Hall–Kier alpha value is -1.77. The van der Waals surface area contributed by atoms with Crippen molar-refractivity contribution in [1.29, 1.82) is 0 Å². The average Bonchev–Trinajstić information content (AvgIpc) is 2.73. The second-order valence-electron chi connectivity index (χ2n) is 8.47. The molecule has 1 fully saturated rings. The largest absolute Gasteiger partial charge is 0.236 e. The number of benzene rings is 1. The molecule has 0 aliphatic heterocycles. The van der Waals surface area contributed by atoms with Crippen molar-refractivity contribution in [3.63, 3.8) is 0 Å². The highest BCUT2D eigenvalue weighted by molar-refractivity contribution is 5.55. The maximum absolute atomic E-state index is 14.8. The first-order chi connectivity index (χ1) is 13.7. The van der Waals surface area contributed by atoms with Gasteiger partial charge in [0.1, 0.15) is 5.82 Å². The van der Waals surface area contributed by atoms with Crippen molar-refractivity contribution in [2.75, 3.05) is 0 Å². The lowest BCUT2D eigenvalue weighted by Gasteiger charge is -2.29. The van der Waals surface area contributed by atoms with Gasteiger partial charge in [0, 0.05) is 18.0 Å². The Morgan fingerprint density at radius 2 is 1.64 bits per heavy atom. The predicted octanol–water partition coefficient (Wildman–Crippen LogP) is 7.48. The van der Waals surface area contributed by atoms with Crippen LogP contribution in [0.15, 0.2) is 30.6 Å². The third kappa shape index (κ3) is 5.62. The Morgan fingerprint density at radius 3 is 2.29 bits per heavy atom. The number of halogens is 1. The van der Waals surface area contributed by atoms with Gasteiger partial charge in [0.2, 0.25) is 0 Å². The minimum Gasteiger partial charge on any atom is -0.236 e. The Kier molecular flexibility index (Phi) is 8.00. The topological polar surface area (TPSA) is 25.8 Å². The summed E-state index contributed by atoms with van der Waals surface area (Å²) in [5.74, 6) is 1.75. The van der Waals surface area contributed by atoms with Crippen LogP contribution in [0.5, 0.6) is 0 Å². The minimum absolute atomic E-state index is 0.0925. The SMILES string of the molecule is CCCCCc1cnc(-c2ccc(C3CCC(CCCC)CC3)c(F)c2)nc1. The van der Waals surface area contributed by atoms with E-state index in [9.17, 15) is 4.39 Å². The number of hydrogen-bond donors (Lipinski definition) is 0. The van der Waals surface area contributed by atoms with Crippen LogP contribution >= 0.6 is 0 Å². The molecule has 1 aromatic heterocycles. The highest BCUT2D eigenvalue weighted by Gasteiger charge is 2.24. The van der Waals surface area contributed by atoms with E-state index in [1.54, 1.807) is 6.07 Å². The zero-order valence-electron chi connectivity index (χ0n) is 17.6. The quantitative estimate of drug-likeness (QED) is 0.420. The average molecular weight is 383 g/mol. The van der Waals surface area contributed by atoms with Crippen molar-refractivity contribution in [2.24, 2.45) is 5.92 Å². The summed E-state index contributed by atoms with van der Waals surface area (Å²) >= 11 is 0. The molecule has 3 rings (SSSR count). The first kappa shape index (κ1) is 21.0. The van der Waals surface area contributed by atoms with Crippen molar-refractivity contribution >= 4 is 0 Å². The molecule has 2 aromatic rings. The molecule has 0 spiro atoms. The summed E-state index contributed by atoms with van der Waals surface area (Å²) in [6, 6.07) is 5.60. The maximum atomic E-state index is 14.8. The molecule has 2 nitrogen and oxygen atoms in total. The predicted molar refractivity (Wildman–Crippen MR) is 115 cm³/mol. The van der Waals surface area contributed by atoms with E-state index in [0.717, 1.165) is 41.9 Å². The lowest BCUT2D eigenvalue weighted by molar-refractivity contribution is 0.301. The van der Waals surface area contributed by atoms with Gasteiger partial charge in [-0.05, 0) is 67.6 Å². The van der Waals surface area contributed by atoms with Crippen LogP contribution in [0.1, 0.15) is 95.1 Å². The van der Waals surface area contributed by atoms with Crippen LogP contribution in [-0.2, 0) is 6.42 Å². The van der Waals surface area contributed by atoms with Gasteiger partial charge in [-0.15, -0.1) is 0 Å². The molecule has 3 heteroatoms. The van der Waals surface area contributed by atoms with Gasteiger partial charge in [-0.25, -0.2) is 14.4 Å². The number of aromatic nitrogens is 2. The highest BCUT2D eigenvalue weighted by atomic mass is 19.1. The van der Waals surface area contributed by atoms with E-state index in [4.69, 9.17) is 0 Å². The second kappa shape index (κ2) is 10.7. The summed E-state index contributed by atoms with van der Waals surface area (Å²) in [5.41, 5.74) is 2.82. The van der Waals surface area contributed by atoms with Gasteiger partial charge in [0.25, 0.3) is 0 Å². The number of nitrogens with zero attached hydrogens (tertiary/aromatic N) is 2. The van der Waals surface area contributed by atoms with Gasteiger partial charge in [-0.1, -0.05) is 58.1 Å².